The molecule has 0 saturated carbocycles. The van der Waals surface area contributed by atoms with Crippen LogP contribution >= 0.6 is 7.14 Å². The summed E-state index contributed by atoms with van der Waals surface area (Å²) in [4.78, 5) is 14.7. The fourth-order valence-corrected chi connectivity index (χ4v) is 5.38. The van der Waals surface area contributed by atoms with Gasteiger partial charge in [0.15, 0.2) is 7.14 Å². The van der Waals surface area contributed by atoms with Crippen molar-refractivity contribution in [2.45, 2.75) is 72.6 Å². The number of carbonyl (C=O) groups excluding carboxylic acids is 1. The smallest absolute Gasteiger partial charge is 0.280 e. The zero-order valence-electron chi connectivity index (χ0n) is 18.8. The molecule has 0 aromatic heterocycles. The minimum absolute atomic E-state index is 0.0993. The lowest BCUT2D eigenvalue weighted by Crippen LogP contribution is -2.36. The van der Waals surface area contributed by atoms with E-state index < -0.39 is 7.14 Å². The molecule has 1 aromatic rings. The van der Waals surface area contributed by atoms with Crippen LogP contribution in [0.25, 0.3) is 0 Å². The lowest BCUT2D eigenvalue weighted by Gasteiger charge is -2.29. The summed E-state index contributed by atoms with van der Waals surface area (Å²) >= 11 is 0. The normalized spacial score (nSPS) is 13.7. The highest BCUT2D eigenvalue weighted by atomic mass is 31.2. The summed E-state index contributed by atoms with van der Waals surface area (Å²) in [6, 6.07) is 10.6. The van der Waals surface area contributed by atoms with Crippen LogP contribution in [-0.2, 0) is 11.0 Å². The first-order chi connectivity index (χ1) is 13.2. The van der Waals surface area contributed by atoms with Gasteiger partial charge in [-0.25, -0.2) is 0 Å². The standard InChI is InChI=1S/C24H42NO2P/c1-21(2)19-25(20-22(3)4)24(26)28(5,27)18-14-9-7-6-8-11-15-23-16-12-10-13-17-23/h10,12-13,16-17,21-22H,6-9,11,14-15,18-20H2,1-5H3. The number of benzene rings is 1. The van der Waals surface area contributed by atoms with Gasteiger partial charge in [-0.3, -0.25) is 4.79 Å². The second-order valence-electron chi connectivity index (χ2n) is 9.16. The Labute approximate surface area is 173 Å². The van der Waals surface area contributed by atoms with Gasteiger partial charge in [-0.2, -0.15) is 0 Å². The molecule has 0 heterocycles. The molecule has 0 aliphatic heterocycles. The summed E-state index contributed by atoms with van der Waals surface area (Å²) in [7, 11) is -2.77. The summed E-state index contributed by atoms with van der Waals surface area (Å²) in [6.07, 6.45) is 8.55. The number of nitrogens with zero attached hydrogens (tertiary/aromatic N) is 1. The van der Waals surface area contributed by atoms with Gasteiger partial charge in [-0.05, 0) is 43.3 Å². The summed E-state index contributed by atoms with van der Waals surface area (Å²) < 4.78 is 13.0. The SMILES string of the molecule is CC(C)CN(CC(C)C)C(=O)P(C)(=O)CCCCCCCCc1ccccc1. The van der Waals surface area contributed by atoms with Crippen molar-refractivity contribution in [1.82, 2.24) is 4.90 Å². The van der Waals surface area contributed by atoms with Crippen molar-refractivity contribution >= 4 is 12.8 Å². The molecule has 0 saturated heterocycles. The summed E-state index contributed by atoms with van der Waals surface area (Å²) in [5.74, 6) is 0.803. The third kappa shape index (κ3) is 10.5. The molecule has 1 atom stereocenters. The molecule has 160 valence electrons. The van der Waals surface area contributed by atoms with Gasteiger partial charge in [-0.15, -0.1) is 0 Å². The van der Waals surface area contributed by atoms with Gasteiger partial charge in [0.25, 0.3) is 5.65 Å². The van der Waals surface area contributed by atoms with Crippen molar-refractivity contribution in [3.8, 4) is 0 Å². The average molecular weight is 408 g/mol. The van der Waals surface area contributed by atoms with Crippen molar-refractivity contribution in [1.29, 1.82) is 0 Å². The van der Waals surface area contributed by atoms with E-state index >= 15 is 0 Å². The molecule has 1 amide bonds. The lowest BCUT2D eigenvalue weighted by atomic mass is 10.1. The molecular weight excluding hydrogens is 365 g/mol. The number of aryl methyl sites for hydroxylation is 1. The van der Waals surface area contributed by atoms with Crippen LogP contribution in [0.1, 0.15) is 71.8 Å². The monoisotopic (exact) mass is 407 g/mol. The van der Waals surface area contributed by atoms with Gasteiger partial charge >= 0.3 is 0 Å². The number of unbranched alkanes of at least 4 members (excludes halogenated alkanes) is 5. The van der Waals surface area contributed by atoms with Crippen molar-refractivity contribution < 1.29 is 9.36 Å². The minimum Gasteiger partial charge on any atom is -0.336 e. The fraction of sp³-hybridized carbons (Fsp3) is 0.708. The van der Waals surface area contributed by atoms with Crippen LogP contribution in [0.15, 0.2) is 30.3 Å². The van der Waals surface area contributed by atoms with Gasteiger partial charge in [-0.1, -0.05) is 83.7 Å². The molecule has 1 unspecified atom stereocenters. The third-order valence-electron chi connectivity index (χ3n) is 4.99. The zero-order valence-corrected chi connectivity index (χ0v) is 19.7. The van der Waals surface area contributed by atoms with Crippen LogP contribution in [0.2, 0.25) is 0 Å². The van der Waals surface area contributed by atoms with Crippen molar-refractivity contribution in [3.05, 3.63) is 35.9 Å². The Morgan fingerprint density at radius 2 is 1.36 bits per heavy atom. The van der Waals surface area contributed by atoms with Gasteiger partial charge in [0.05, 0.1) is 0 Å². The Bertz CT molecular complexity index is 588. The number of amides is 1. The predicted molar refractivity (Wildman–Crippen MR) is 123 cm³/mol. The zero-order chi connectivity index (χ0) is 21.0. The number of carbonyl (C=O) groups is 1. The summed E-state index contributed by atoms with van der Waals surface area (Å²) in [5.41, 5.74) is 1.32. The van der Waals surface area contributed by atoms with Crippen LogP contribution < -0.4 is 0 Å². The highest BCUT2D eigenvalue weighted by Gasteiger charge is 2.30. The van der Waals surface area contributed by atoms with E-state index in [0.717, 1.165) is 19.3 Å². The third-order valence-corrected chi connectivity index (χ3v) is 7.25. The highest BCUT2D eigenvalue weighted by Crippen LogP contribution is 2.45. The molecule has 0 fully saturated rings. The van der Waals surface area contributed by atoms with Crippen LogP contribution in [0.5, 0.6) is 0 Å². The Morgan fingerprint density at radius 3 is 1.89 bits per heavy atom. The minimum atomic E-state index is -2.77. The lowest BCUT2D eigenvalue weighted by molar-refractivity contribution is 0.205. The molecule has 28 heavy (non-hydrogen) atoms. The van der Waals surface area contributed by atoms with E-state index in [0.29, 0.717) is 31.1 Å². The molecule has 0 N–H and O–H groups in total. The average Bonchev–Trinajstić information content (AvgIpc) is 2.62. The van der Waals surface area contributed by atoms with Crippen molar-refractivity contribution in [2.75, 3.05) is 25.9 Å². The Balaban J connectivity index is 2.26. The Kier molecular flexibility index (Phi) is 11.8. The maximum atomic E-state index is 13.0. The number of hydrogen-bond acceptors (Lipinski definition) is 2. The molecular formula is C24H42NO2P. The topological polar surface area (TPSA) is 37.4 Å². The van der Waals surface area contributed by atoms with E-state index in [2.05, 4.69) is 58.0 Å². The molecule has 4 heteroatoms. The van der Waals surface area contributed by atoms with E-state index in [4.69, 9.17) is 0 Å². The number of rotatable bonds is 14. The van der Waals surface area contributed by atoms with E-state index in [1.165, 1.54) is 31.2 Å². The first-order valence-corrected chi connectivity index (χ1v) is 13.5. The van der Waals surface area contributed by atoms with Gasteiger partial charge in [0.1, 0.15) is 0 Å². The van der Waals surface area contributed by atoms with E-state index in [9.17, 15) is 9.36 Å². The second-order valence-corrected chi connectivity index (χ2v) is 12.2. The van der Waals surface area contributed by atoms with E-state index in [-0.39, 0.29) is 5.65 Å². The molecule has 0 radical (unpaired) electrons. The van der Waals surface area contributed by atoms with Crippen molar-refractivity contribution in [2.24, 2.45) is 11.8 Å². The Morgan fingerprint density at radius 1 is 0.857 bits per heavy atom. The summed E-state index contributed by atoms with van der Waals surface area (Å²) in [5, 5.41) is 0. The fourth-order valence-electron chi connectivity index (χ4n) is 3.60. The quantitative estimate of drug-likeness (QED) is 0.240. The van der Waals surface area contributed by atoms with E-state index in [1.807, 2.05) is 4.90 Å². The Hall–Kier alpha value is -1.08. The maximum Gasteiger partial charge on any atom is 0.280 e. The summed E-state index contributed by atoms with van der Waals surface area (Å²) in [6.45, 7) is 11.5. The van der Waals surface area contributed by atoms with Crippen LogP contribution in [0.4, 0.5) is 4.79 Å². The van der Waals surface area contributed by atoms with Crippen LogP contribution in [-0.4, -0.2) is 36.5 Å². The maximum absolute atomic E-state index is 13.0. The molecule has 0 spiro atoms. The van der Waals surface area contributed by atoms with Gasteiger partial charge in [0.2, 0.25) is 0 Å². The van der Waals surface area contributed by atoms with Crippen molar-refractivity contribution in [3.63, 3.8) is 0 Å². The second kappa shape index (κ2) is 13.2. The first kappa shape index (κ1) is 25.0. The van der Waals surface area contributed by atoms with Crippen LogP contribution in [0.3, 0.4) is 0 Å². The van der Waals surface area contributed by atoms with Crippen LogP contribution in [0, 0.1) is 11.8 Å². The molecule has 0 aliphatic rings. The van der Waals surface area contributed by atoms with Gasteiger partial charge in [0, 0.05) is 19.3 Å². The molecule has 1 rings (SSSR count). The predicted octanol–water partition coefficient (Wildman–Crippen LogP) is 7.30. The van der Waals surface area contributed by atoms with E-state index in [1.54, 1.807) is 6.66 Å². The molecule has 0 bridgehead atoms. The molecule has 1 aromatic carbocycles. The molecule has 3 nitrogen and oxygen atoms in total. The van der Waals surface area contributed by atoms with Gasteiger partial charge < -0.3 is 9.46 Å². The highest BCUT2D eigenvalue weighted by molar-refractivity contribution is 7.79. The number of hydrogen-bond donors (Lipinski definition) is 0. The first-order valence-electron chi connectivity index (χ1n) is 11.1. The molecule has 0 aliphatic carbocycles. The largest absolute Gasteiger partial charge is 0.336 e.